The zero-order valence-corrected chi connectivity index (χ0v) is 10.0. The van der Waals surface area contributed by atoms with Crippen LogP contribution in [0.5, 0.6) is 5.75 Å². The summed E-state index contributed by atoms with van der Waals surface area (Å²) in [5.41, 5.74) is 0.960. The monoisotopic (exact) mass is 246 g/mol. The fourth-order valence-electron chi connectivity index (χ4n) is 1.54. The molecule has 0 bridgehead atoms. The van der Waals surface area contributed by atoms with Gasteiger partial charge in [0.1, 0.15) is 12.3 Å². The average Bonchev–Trinajstić information content (AvgIpc) is 2.85. The fourth-order valence-corrected chi connectivity index (χ4v) is 1.54. The molecule has 0 aliphatic carbocycles. The van der Waals surface area contributed by atoms with E-state index in [0.717, 1.165) is 5.56 Å². The van der Waals surface area contributed by atoms with Crippen molar-refractivity contribution in [3.8, 4) is 5.75 Å². The van der Waals surface area contributed by atoms with E-state index in [2.05, 4.69) is 10.3 Å². The standard InChI is InChI=1S/C12H14N4O2/c1-15(8-10-2-4-11(17)5-3-10)12(18)9-16-7-6-13-14-16/h2-7,17H,8-9H2,1H3. The maximum Gasteiger partial charge on any atom is 0.244 e. The van der Waals surface area contributed by atoms with Crippen molar-refractivity contribution in [1.82, 2.24) is 19.9 Å². The molecule has 0 saturated carbocycles. The Kier molecular flexibility index (Phi) is 3.57. The van der Waals surface area contributed by atoms with Gasteiger partial charge in [-0.25, -0.2) is 4.68 Å². The first-order valence-electron chi connectivity index (χ1n) is 5.51. The van der Waals surface area contributed by atoms with E-state index >= 15 is 0 Å². The van der Waals surface area contributed by atoms with Crippen LogP contribution in [0.4, 0.5) is 0 Å². The number of carbonyl (C=O) groups is 1. The Morgan fingerprint density at radius 2 is 2.11 bits per heavy atom. The third-order valence-electron chi connectivity index (χ3n) is 2.55. The molecule has 0 spiro atoms. The molecule has 1 heterocycles. The number of hydrogen-bond donors (Lipinski definition) is 1. The Bertz CT molecular complexity index is 507. The van der Waals surface area contributed by atoms with Gasteiger partial charge in [-0.2, -0.15) is 0 Å². The third-order valence-corrected chi connectivity index (χ3v) is 2.55. The second-order valence-corrected chi connectivity index (χ2v) is 4.02. The smallest absolute Gasteiger partial charge is 0.244 e. The summed E-state index contributed by atoms with van der Waals surface area (Å²) in [4.78, 5) is 13.5. The summed E-state index contributed by atoms with van der Waals surface area (Å²) in [6.07, 6.45) is 3.18. The summed E-state index contributed by atoms with van der Waals surface area (Å²) in [5.74, 6) is 0.170. The van der Waals surface area contributed by atoms with E-state index in [1.165, 1.54) is 10.9 Å². The Morgan fingerprint density at radius 1 is 1.39 bits per heavy atom. The van der Waals surface area contributed by atoms with Crippen molar-refractivity contribution in [2.24, 2.45) is 0 Å². The van der Waals surface area contributed by atoms with Gasteiger partial charge < -0.3 is 10.0 Å². The molecule has 2 aromatic rings. The molecule has 0 aliphatic heterocycles. The second kappa shape index (κ2) is 5.31. The van der Waals surface area contributed by atoms with Crippen molar-refractivity contribution in [2.45, 2.75) is 13.1 Å². The summed E-state index contributed by atoms with van der Waals surface area (Å²) in [5, 5.41) is 16.6. The lowest BCUT2D eigenvalue weighted by Crippen LogP contribution is -2.29. The van der Waals surface area contributed by atoms with Crippen LogP contribution in [0.1, 0.15) is 5.56 Å². The van der Waals surface area contributed by atoms with Crippen molar-refractivity contribution >= 4 is 5.91 Å². The molecule has 94 valence electrons. The summed E-state index contributed by atoms with van der Waals surface area (Å²) in [6.45, 7) is 0.669. The molecule has 0 aliphatic rings. The number of nitrogens with zero attached hydrogens (tertiary/aromatic N) is 4. The first kappa shape index (κ1) is 12.1. The number of phenolic OH excluding ortho intramolecular Hbond substituents is 1. The molecular formula is C12H14N4O2. The number of aromatic nitrogens is 3. The largest absolute Gasteiger partial charge is 0.508 e. The van der Waals surface area contributed by atoms with Crippen LogP contribution in [0.3, 0.4) is 0 Å². The van der Waals surface area contributed by atoms with Crippen LogP contribution in [-0.4, -0.2) is 38.0 Å². The summed E-state index contributed by atoms with van der Waals surface area (Å²) >= 11 is 0. The van der Waals surface area contributed by atoms with Crippen LogP contribution in [0.2, 0.25) is 0 Å². The van der Waals surface area contributed by atoms with E-state index in [-0.39, 0.29) is 18.2 Å². The average molecular weight is 246 g/mol. The second-order valence-electron chi connectivity index (χ2n) is 4.02. The molecule has 2 rings (SSSR count). The maximum absolute atomic E-state index is 11.9. The Balaban J connectivity index is 1.93. The van der Waals surface area contributed by atoms with Gasteiger partial charge in [-0.15, -0.1) is 5.10 Å². The first-order chi connectivity index (χ1) is 8.65. The number of carbonyl (C=O) groups excluding carboxylic acids is 1. The highest BCUT2D eigenvalue weighted by Crippen LogP contribution is 2.11. The molecule has 0 radical (unpaired) electrons. The lowest BCUT2D eigenvalue weighted by Gasteiger charge is -2.17. The van der Waals surface area contributed by atoms with Gasteiger partial charge in [-0.3, -0.25) is 4.79 Å². The molecule has 6 heteroatoms. The number of phenols is 1. The van der Waals surface area contributed by atoms with Gasteiger partial charge in [0.25, 0.3) is 0 Å². The van der Waals surface area contributed by atoms with Gasteiger partial charge in [0, 0.05) is 19.8 Å². The Hall–Kier alpha value is -2.37. The number of rotatable bonds is 4. The SMILES string of the molecule is CN(Cc1ccc(O)cc1)C(=O)Cn1ccnn1. The van der Waals surface area contributed by atoms with Gasteiger partial charge in [0.15, 0.2) is 0 Å². The highest BCUT2D eigenvalue weighted by molar-refractivity contribution is 5.75. The van der Waals surface area contributed by atoms with E-state index < -0.39 is 0 Å². The topological polar surface area (TPSA) is 71.2 Å². The summed E-state index contributed by atoms with van der Waals surface area (Å²) in [7, 11) is 1.73. The first-order valence-corrected chi connectivity index (χ1v) is 5.51. The highest BCUT2D eigenvalue weighted by Gasteiger charge is 2.10. The van der Waals surface area contributed by atoms with E-state index in [1.807, 2.05) is 0 Å². The summed E-state index contributed by atoms with van der Waals surface area (Å²) in [6, 6.07) is 6.78. The molecule has 0 atom stereocenters. The van der Waals surface area contributed by atoms with Gasteiger partial charge in [-0.05, 0) is 17.7 Å². The van der Waals surface area contributed by atoms with Crippen LogP contribution in [0.25, 0.3) is 0 Å². The highest BCUT2D eigenvalue weighted by atomic mass is 16.3. The Labute approximate surface area is 104 Å². The molecule has 1 N–H and O–H groups in total. The quantitative estimate of drug-likeness (QED) is 0.859. The van der Waals surface area contributed by atoms with Crippen molar-refractivity contribution in [3.05, 3.63) is 42.2 Å². The molecule has 0 saturated heterocycles. The molecule has 0 unspecified atom stereocenters. The minimum atomic E-state index is -0.0476. The number of aromatic hydroxyl groups is 1. The van der Waals surface area contributed by atoms with Gasteiger partial charge in [-0.1, -0.05) is 17.3 Å². The van der Waals surface area contributed by atoms with E-state index in [1.54, 1.807) is 42.4 Å². The lowest BCUT2D eigenvalue weighted by atomic mass is 10.2. The zero-order chi connectivity index (χ0) is 13.0. The van der Waals surface area contributed by atoms with Crippen LogP contribution in [-0.2, 0) is 17.9 Å². The van der Waals surface area contributed by atoms with Gasteiger partial charge >= 0.3 is 0 Å². The minimum absolute atomic E-state index is 0.0476. The zero-order valence-electron chi connectivity index (χ0n) is 10.0. The molecule has 0 fully saturated rings. The van der Waals surface area contributed by atoms with Crippen molar-refractivity contribution in [3.63, 3.8) is 0 Å². The summed E-state index contributed by atoms with van der Waals surface area (Å²) < 4.78 is 1.48. The van der Waals surface area contributed by atoms with E-state index in [0.29, 0.717) is 6.54 Å². The predicted molar refractivity (Wildman–Crippen MR) is 64.6 cm³/mol. The number of amides is 1. The van der Waals surface area contributed by atoms with Crippen molar-refractivity contribution < 1.29 is 9.90 Å². The fraction of sp³-hybridized carbons (Fsp3) is 0.250. The number of likely N-dealkylation sites (N-methyl/N-ethyl adjacent to an activating group) is 1. The molecule has 18 heavy (non-hydrogen) atoms. The molecule has 1 amide bonds. The van der Waals surface area contributed by atoms with Gasteiger partial charge in [0.05, 0.1) is 6.20 Å². The Morgan fingerprint density at radius 3 is 2.72 bits per heavy atom. The van der Waals surface area contributed by atoms with Crippen molar-refractivity contribution in [2.75, 3.05) is 7.05 Å². The lowest BCUT2D eigenvalue weighted by molar-refractivity contribution is -0.131. The molecular weight excluding hydrogens is 232 g/mol. The van der Waals surface area contributed by atoms with Crippen molar-refractivity contribution in [1.29, 1.82) is 0 Å². The molecule has 6 nitrogen and oxygen atoms in total. The van der Waals surface area contributed by atoms with E-state index in [4.69, 9.17) is 0 Å². The van der Waals surface area contributed by atoms with Gasteiger partial charge in [0.2, 0.25) is 5.91 Å². The predicted octanol–water partition coefficient (Wildman–Crippen LogP) is 0.642. The van der Waals surface area contributed by atoms with Crippen LogP contribution in [0.15, 0.2) is 36.7 Å². The normalized spacial score (nSPS) is 10.3. The molecule has 1 aromatic heterocycles. The minimum Gasteiger partial charge on any atom is -0.508 e. The van der Waals surface area contributed by atoms with Crippen LogP contribution in [0, 0.1) is 0 Å². The third kappa shape index (κ3) is 3.07. The van der Waals surface area contributed by atoms with Crippen LogP contribution >= 0.6 is 0 Å². The van der Waals surface area contributed by atoms with Crippen LogP contribution < -0.4 is 0 Å². The maximum atomic E-state index is 11.9. The number of benzene rings is 1. The number of hydrogen-bond acceptors (Lipinski definition) is 4. The molecule has 1 aromatic carbocycles. The van der Waals surface area contributed by atoms with E-state index in [9.17, 15) is 9.90 Å².